The molecule has 0 aliphatic carbocycles. The summed E-state index contributed by atoms with van der Waals surface area (Å²) in [5.74, 6) is -1.38. The number of aryl methyl sites for hydroxylation is 1. The molecule has 2 aromatic carbocycles. The number of thiocarbonyl (C=S) groups is 1. The first-order valence-corrected chi connectivity index (χ1v) is 8.80. The van der Waals surface area contributed by atoms with Crippen LogP contribution in [0, 0.1) is 0 Å². The maximum Gasteiger partial charge on any atom is 0.416 e. The van der Waals surface area contributed by atoms with Gasteiger partial charge in [-0.2, -0.15) is 13.2 Å². The van der Waals surface area contributed by atoms with Crippen LogP contribution in [0.1, 0.15) is 21.5 Å². The standard InChI is InChI=1S/C20H15F3N2O3S/c1-24(13-8-6-12(7-9-13)20(21,22)23)18(27)16-17(26)15-11(10-29)4-3-5-14(15)25(2)19(16)28/h3-10,26H,1-2H3. The van der Waals surface area contributed by atoms with Crippen LogP contribution in [0.5, 0.6) is 5.75 Å². The second-order valence-electron chi connectivity index (χ2n) is 6.36. The molecule has 0 aliphatic rings. The van der Waals surface area contributed by atoms with Crippen LogP contribution >= 0.6 is 12.2 Å². The van der Waals surface area contributed by atoms with Crippen LogP contribution in [0.2, 0.25) is 0 Å². The molecule has 150 valence electrons. The number of nitrogens with zero attached hydrogens (tertiary/aromatic N) is 2. The largest absolute Gasteiger partial charge is 0.506 e. The van der Waals surface area contributed by atoms with Crippen molar-refractivity contribution in [3.05, 3.63) is 69.5 Å². The second-order valence-corrected chi connectivity index (χ2v) is 6.59. The summed E-state index contributed by atoms with van der Waals surface area (Å²) >= 11 is 4.95. The van der Waals surface area contributed by atoms with E-state index in [0.29, 0.717) is 11.1 Å². The number of carbonyl (C=O) groups is 1. The van der Waals surface area contributed by atoms with Crippen molar-refractivity contribution < 1.29 is 23.1 Å². The van der Waals surface area contributed by atoms with E-state index in [9.17, 15) is 27.9 Å². The summed E-state index contributed by atoms with van der Waals surface area (Å²) in [6.45, 7) is 0. The van der Waals surface area contributed by atoms with Crippen molar-refractivity contribution in [3.63, 3.8) is 0 Å². The molecule has 3 rings (SSSR count). The lowest BCUT2D eigenvalue weighted by Crippen LogP contribution is -2.34. The normalized spacial score (nSPS) is 11.5. The van der Waals surface area contributed by atoms with Crippen molar-refractivity contribution in [1.82, 2.24) is 4.57 Å². The Morgan fingerprint density at radius 1 is 1.17 bits per heavy atom. The fourth-order valence-corrected chi connectivity index (χ4v) is 3.24. The van der Waals surface area contributed by atoms with Crippen LogP contribution in [0.15, 0.2) is 47.3 Å². The molecule has 0 aliphatic heterocycles. The highest BCUT2D eigenvalue weighted by Crippen LogP contribution is 2.32. The zero-order valence-corrected chi connectivity index (χ0v) is 16.1. The Morgan fingerprint density at radius 3 is 2.34 bits per heavy atom. The molecule has 0 radical (unpaired) electrons. The molecule has 0 fully saturated rings. The molecule has 0 spiro atoms. The maximum absolute atomic E-state index is 13.0. The number of carbonyl (C=O) groups excluding carboxylic acids is 1. The summed E-state index contributed by atoms with van der Waals surface area (Å²) in [5, 5.41) is 12.3. The first kappa shape index (κ1) is 20.5. The predicted octanol–water partition coefficient (Wildman–Crippen LogP) is 3.89. The first-order chi connectivity index (χ1) is 13.6. The summed E-state index contributed by atoms with van der Waals surface area (Å²) in [6.07, 6.45) is -4.51. The molecular formula is C20H15F3N2O3S. The lowest BCUT2D eigenvalue weighted by Gasteiger charge is -2.20. The lowest BCUT2D eigenvalue weighted by atomic mass is 10.0. The highest BCUT2D eigenvalue weighted by atomic mass is 32.1. The van der Waals surface area contributed by atoms with Gasteiger partial charge in [-0.05, 0) is 35.9 Å². The average molecular weight is 420 g/mol. The molecular weight excluding hydrogens is 405 g/mol. The fourth-order valence-electron chi connectivity index (χ4n) is 3.05. The number of anilines is 1. The number of fused-ring (bicyclic) bond motifs is 1. The van der Waals surface area contributed by atoms with Crippen LogP contribution < -0.4 is 10.5 Å². The van der Waals surface area contributed by atoms with Crippen molar-refractivity contribution in [2.45, 2.75) is 6.18 Å². The average Bonchev–Trinajstić information content (AvgIpc) is 2.70. The topological polar surface area (TPSA) is 62.5 Å². The first-order valence-electron chi connectivity index (χ1n) is 8.33. The van der Waals surface area contributed by atoms with Gasteiger partial charge < -0.3 is 14.6 Å². The minimum Gasteiger partial charge on any atom is -0.506 e. The number of amides is 1. The zero-order valence-electron chi connectivity index (χ0n) is 15.3. The van der Waals surface area contributed by atoms with E-state index in [1.54, 1.807) is 18.2 Å². The number of pyridine rings is 1. The van der Waals surface area contributed by atoms with E-state index in [0.717, 1.165) is 29.2 Å². The van der Waals surface area contributed by atoms with Crippen LogP contribution in [0.25, 0.3) is 10.9 Å². The van der Waals surface area contributed by atoms with Crippen molar-refractivity contribution in [1.29, 1.82) is 0 Å². The fraction of sp³-hybridized carbons (Fsp3) is 0.150. The molecule has 1 amide bonds. The monoisotopic (exact) mass is 420 g/mol. The van der Waals surface area contributed by atoms with Gasteiger partial charge in [0, 0.05) is 30.5 Å². The number of hydrogen-bond acceptors (Lipinski definition) is 4. The highest BCUT2D eigenvalue weighted by Gasteiger charge is 2.31. The minimum atomic E-state index is -4.51. The third kappa shape index (κ3) is 3.49. The zero-order chi connectivity index (χ0) is 21.5. The Kier molecular flexibility index (Phi) is 5.18. The van der Waals surface area contributed by atoms with E-state index in [4.69, 9.17) is 12.2 Å². The molecule has 0 bridgehead atoms. The molecule has 9 heteroatoms. The minimum absolute atomic E-state index is 0.132. The summed E-state index contributed by atoms with van der Waals surface area (Å²) in [5.41, 5.74) is -1.12. The summed E-state index contributed by atoms with van der Waals surface area (Å²) < 4.78 is 39.4. The van der Waals surface area contributed by atoms with Gasteiger partial charge in [0.05, 0.1) is 11.1 Å². The number of hydrogen-bond donors (Lipinski definition) is 1. The molecule has 0 unspecified atom stereocenters. The number of aromatic hydroxyl groups is 1. The smallest absolute Gasteiger partial charge is 0.416 e. The number of benzene rings is 2. The molecule has 1 heterocycles. The lowest BCUT2D eigenvalue weighted by molar-refractivity contribution is -0.137. The molecule has 1 N–H and O–H groups in total. The van der Waals surface area contributed by atoms with E-state index in [1.807, 2.05) is 0 Å². The Bertz CT molecular complexity index is 1180. The predicted molar refractivity (Wildman–Crippen MR) is 108 cm³/mol. The van der Waals surface area contributed by atoms with E-state index < -0.39 is 34.5 Å². The summed E-state index contributed by atoms with van der Waals surface area (Å²) in [4.78, 5) is 26.7. The van der Waals surface area contributed by atoms with Gasteiger partial charge in [-0.25, -0.2) is 0 Å². The SMILES string of the molecule is CN(C(=O)c1c(O)c2c(C=S)cccc2n(C)c1=O)c1ccc(C(F)(F)F)cc1. The van der Waals surface area contributed by atoms with Crippen LogP contribution in [0.4, 0.5) is 18.9 Å². The maximum atomic E-state index is 13.0. The Balaban J connectivity index is 2.14. The highest BCUT2D eigenvalue weighted by molar-refractivity contribution is 7.79. The van der Waals surface area contributed by atoms with E-state index in [-0.39, 0.29) is 11.1 Å². The van der Waals surface area contributed by atoms with Gasteiger partial charge in [0.1, 0.15) is 11.3 Å². The van der Waals surface area contributed by atoms with Gasteiger partial charge in [-0.3, -0.25) is 9.59 Å². The number of aromatic nitrogens is 1. The molecule has 1 aromatic heterocycles. The van der Waals surface area contributed by atoms with E-state index in [2.05, 4.69) is 0 Å². The van der Waals surface area contributed by atoms with Gasteiger partial charge in [0.15, 0.2) is 0 Å². The summed E-state index contributed by atoms with van der Waals surface area (Å²) in [7, 11) is 2.76. The Morgan fingerprint density at radius 2 is 1.79 bits per heavy atom. The third-order valence-electron chi connectivity index (χ3n) is 4.66. The van der Waals surface area contributed by atoms with Gasteiger partial charge in [0.2, 0.25) is 0 Å². The van der Waals surface area contributed by atoms with Gasteiger partial charge in [-0.1, -0.05) is 24.4 Å². The Labute approximate surface area is 168 Å². The Hall–Kier alpha value is -3.20. The van der Waals surface area contributed by atoms with Crippen LogP contribution in [0.3, 0.4) is 0 Å². The van der Waals surface area contributed by atoms with Gasteiger partial charge >= 0.3 is 6.18 Å². The van der Waals surface area contributed by atoms with Gasteiger partial charge in [0.25, 0.3) is 11.5 Å². The van der Waals surface area contributed by atoms with E-state index in [1.165, 1.54) is 24.0 Å². The van der Waals surface area contributed by atoms with Crippen molar-refractivity contribution in [3.8, 4) is 5.75 Å². The van der Waals surface area contributed by atoms with Crippen molar-refractivity contribution >= 4 is 40.1 Å². The van der Waals surface area contributed by atoms with Crippen LogP contribution in [-0.2, 0) is 13.2 Å². The molecule has 5 nitrogen and oxygen atoms in total. The summed E-state index contributed by atoms with van der Waals surface area (Å²) in [6, 6.07) is 8.80. The number of halogens is 3. The third-order valence-corrected chi connectivity index (χ3v) is 4.91. The van der Waals surface area contributed by atoms with Crippen molar-refractivity contribution in [2.24, 2.45) is 7.05 Å². The van der Waals surface area contributed by atoms with Crippen LogP contribution in [-0.4, -0.2) is 28.0 Å². The van der Waals surface area contributed by atoms with Crippen molar-refractivity contribution in [2.75, 3.05) is 11.9 Å². The number of alkyl halides is 3. The molecule has 29 heavy (non-hydrogen) atoms. The second kappa shape index (κ2) is 7.32. The molecule has 0 saturated carbocycles. The molecule has 0 atom stereocenters. The van der Waals surface area contributed by atoms with E-state index >= 15 is 0 Å². The quantitative estimate of drug-likeness (QED) is 0.653. The molecule has 0 saturated heterocycles. The number of rotatable bonds is 3. The molecule has 3 aromatic rings. The van der Waals surface area contributed by atoms with Gasteiger partial charge in [-0.15, -0.1) is 0 Å².